The Bertz CT molecular complexity index is 1410. The minimum atomic E-state index is -0.278. The number of fused-ring (bicyclic) bond motifs is 2. The van der Waals surface area contributed by atoms with Gasteiger partial charge in [-0.25, -0.2) is 9.97 Å². The van der Waals surface area contributed by atoms with Crippen LogP contribution in [-0.4, -0.2) is 9.97 Å². The summed E-state index contributed by atoms with van der Waals surface area (Å²) in [6.45, 7) is 0. The molecule has 0 aliphatic carbocycles. The van der Waals surface area contributed by atoms with Gasteiger partial charge in [0, 0.05) is 10.6 Å². The molecule has 5 rings (SSSR count). The van der Waals surface area contributed by atoms with E-state index in [1.54, 1.807) is 42.5 Å². The van der Waals surface area contributed by atoms with Crippen LogP contribution in [0.25, 0.3) is 33.2 Å². The topological polar surface area (TPSA) is 65.2 Å². The molecule has 0 amide bonds. The first-order chi connectivity index (χ1) is 14.2. The molecule has 0 N–H and O–H groups in total. The molecule has 140 valence electrons. The molecule has 5 nitrogen and oxygen atoms in total. The van der Waals surface area contributed by atoms with Gasteiger partial charge in [-0.1, -0.05) is 35.9 Å². The third-order valence-corrected chi connectivity index (χ3v) is 4.82. The standard InChI is InChI=1S/C23H13ClN2O3/c24-15-11-9-14(10-12-15)21-22(20(27)17-6-2-4-8-19(17)28-21)29-23-16-5-1-3-7-18(16)25-13-26-23/h1-13H. The molecule has 2 heterocycles. The Morgan fingerprint density at radius 3 is 2.38 bits per heavy atom. The summed E-state index contributed by atoms with van der Waals surface area (Å²) in [6, 6.07) is 21.5. The van der Waals surface area contributed by atoms with Crippen LogP contribution in [0.5, 0.6) is 11.6 Å². The van der Waals surface area contributed by atoms with Crippen LogP contribution >= 0.6 is 11.6 Å². The van der Waals surface area contributed by atoms with Gasteiger partial charge >= 0.3 is 0 Å². The second-order valence-corrected chi connectivity index (χ2v) is 6.83. The molecule has 0 radical (unpaired) electrons. The second kappa shape index (κ2) is 7.04. The van der Waals surface area contributed by atoms with E-state index in [9.17, 15) is 4.79 Å². The van der Waals surface area contributed by atoms with E-state index in [0.717, 1.165) is 5.52 Å². The molecule has 0 unspecified atom stereocenters. The fourth-order valence-electron chi connectivity index (χ4n) is 3.17. The molecule has 0 atom stereocenters. The first-order valence-electron chi connectivity index (χ1n) is 8.90. The summed E-state index contributed by atoms with van der Waals surface area (Å²) in [6.07, 6.45) is 1.41. The van der Waals surface area contributed by atoms with E-state index in [2.05, 4.69) is 9.97 Å². The summed E-state index contributed by atoms with van der Waals surface area (Å²) < 4.78 is 12.1. The zero-order valence-electron chi connectivity index (χ0n) is 15.0. The van der Waals surface area contributed by atoms with E-state index in [-0.39, 0.29) is 17.1 Å². The first-order valence-corrected chi connectivity index (χ1v) is 9.28. The maximum atomic E-state index is 13.3. The Morgan fingerprint density at radius 2 is 1.55 bits per heavy atom. The fourth-order valence-corrected chi connectivity index (χ4v) is 3.29. The molecular formula is C23H13ClN2O3. The lowest BCUT2D eigenvalue weighted by Gasteiger charge is -2.12. The highest BCUT2D eigenvalue weighted by Crippen LogP contribution is 2.35. The third-order valence-electron chi connectivity index (χ3n) is 4.57. The average molecular weight is 401 g/mol. The number of ether oxygens (including phenoxy) is 1. The molecule has 0 saturated heterocycles. The lowest BCUT2D eigenvalue weighted by atomic mass is 10.1. The molecule has 0 aliphatic rings. The lowest BCUT2D eigenvalue weighted by Crippen LogP contribution is -2.08. The van der Waals surface area contributed by atoms with Crippen molar-refractivity contribution in [3.8, 4) is 23.0 Å². The summed E-state index contributed by atoms with van der Waals surface area (Å²) in [7, 11) is 0. The molecule has 5 aromatic rings. The molecule has 0 spiro atoms. The first kappa shape index (κ1) is 17.4. The average Bonchev–Trinajstić information content (AvgIpc) is 2.76. The molecular weight excluding hydrogens is 388 g/mol. The highest BCUT2D eigenvalue weighted by Gasteiger charge is 2.20. The van der Waals surface area contributed by atoms with E-state index >= 15 is 0 Å². The molecule has 0 fully saturated rings. The predicted molar refractivity (Wildman–Crippen MR) is 113 cm³/mol. The van der Waals surface area contributed by atoms with E-state index in [4.69, 9.17) is 20.8 Å². The van der Waals surface area contributed by atoms with Crippen molar-refractivity contribution in [2.45, 2.75) is 0 Å². The van der Waals surface area contributed by atoms with Crippen LogP contribution in [0.15, 0.2) is 88.3 Å². The van der Waals surface area contributed by atoms with Crippen molar-refractivity contribution < 1.29 is 9.15 Å². The van der Waals surface area contributed by atoms with Crippen molar-refractivity contribution >= 4 is 33.5 Å². The number of nitrogens with zero attached hydrogens (tertiary/aromatic N) is 2. The van der Waals surface area contributed by atoms with Crippen molar-refractivity contribution in [3.05, 3.63) is 94.4 Å². The van der Waals surface area contributed by atoms with Crippen LogP contribution in [0.1, 0.15) is 0 Å². The maximum absolute atomic E-state index is 13.3. The number of para-hydroxylation sites is 2. The normalized spacial score (nSPS) is 11.1. The third kappa shape index (κ3) is 3.11. The van der Waals surface area contributed by atoms with Crippen molar-refractivity contribution in [2.24, 2.45) is 0 Å². The summed E-state index contributed by atoms with van der Waals surface area (Å²) >= 11 is 6.02. The van der Waals surface area contributed by atoms with Crippen molar-refractivity contribution in [3.63, 3.8) is 0 Å². The largest absolute Gasteiger partial charge is 0.452 e. The summed E-state index contributed by atoms with van der Waals surface area (Å²) in [5.74, 6) is 0.663. The second-order valence-electron chi connectivity index (χ2n) is 6.39. The zero-order chi connectivity index (χ0) is 19.8. The number of benzene rings is 3. The van der Waals surface area contributed by atoms with Gasteiger partial charge in [-0.15, -0.1) is 0 Å². The molecule has 3 aromatic carbocycles. The van der Waals surface area contributed by atoms with E-state index in [1.807, 2.05) is 30.3 Å². The van der Waals surface area contributed by atoms with Gasteiger partial charge in [0.15, 0.2) is 5.76 Å². The van der Waals surface area contributed by atoms with E-state index in [0.29, 0.717) is 32.7 Å². The van der Waals surface area contributed by atoms with E-state index in [1.165, 1.54) is 6.33 Å². The van der Waals surface area contributed by atoms with Crippen LogP contribution < -0.4 is 10.2 Å². The van der Waals surface area contributed by atoms with Crippen LogP contribution in [0.4, 0.5) is 0 Å². The summed E-state index contributed by atoms with van der Waals surface area (Å²) in [4.78, 5) is 21.8. The van der Waals surface area contributed by atoms with Gasteiger partial charge in [-0.05, 0) is 48.5 Å². The van der Waals surface area contributed by atoms with Gasteiger partial charge in [-0.2, -0.15) is 0 Å². The lowest BCUT2D eigenvalue weighted by molar-refractivity contribution is 0.446. The minimum absolute atomic E-state index is 0.0647. The number of rotatable bonds is 3. The molecule has 0 bridgehead atoms. The fraction of sp³-hybridized carbons (Fsp3) is 0. The van der Waals surface area contributed by atoms with Crippen LogP contribution in [0, 0.1) is 0 Å². The Labute approximate surface area is 170 Å². The highest BCUT2D eigenvalue weighted by molar-refractivity contribution is 6.30. The van der Waals surface area contributed by atoms with E-state index < -0.39 is 0 Å². The predicted octanol–water partition coefficient (Wildman–Crippen LogP) is 5.85. The minimum Gasteiger partial charge on any atom is -0.452 e. The molecule has 29 heavy (non-hydrogen) atoms. The Hall–Kier alpha value is -3.70. The molecule has 0 saturated carbocycles. The Balaban J connectivity index is 1.77. The summed E-state index contributed by atoms with van der Waals surface area (Å²) in [5.41, 5.74) is 1.59. The number of hydrogen-bond acceptors (Lipinski definition) is 5. The van der Waals surface area contributed by atoms with Gasteiger partial charge in [0.1, 0.15) is 11.9 Å². The van der Waals surface area contributed by atoms with Crippen LogP contribution in [0.3, 0.4) is 0 Å². The highest BCUT2D eigenvalue weighted by atomic mass is 35.5. The number of halogens is 1. The van der Waals surface area contributed by atoms with Crippen LogP contribution in [-0.2, 0) is 0 Å². The van der Waals surface area contributed by atoms with Crippen molar-refractivity contribution in [1.29, 1.82) is 0 Å². The Kier molecular flexibility index (Phi) is 4.22. The monoisotopic (exact) mass is 400 g/mol. The number of hydrogen-bond donors (Lipinski definition) is 0. The van der Waals surface area contributed by atoms with Gasteiger partial charge in [0.05, 0.1) is 16.3 Å². The van der Waals surface area contributed by atoms with Crippen LogP contribution in [0.2, 0.25) is 5.02 Å². The van der Waals surface area contributed by atoms with Crippen molar-refractivity contribution in [1.82, 2.24) is 9.97 Å². The Morgan fingerprint density at radius 1 is 0.828 bits per heavy atom. The zero-order valence-corrected chi connectivity index (χ0v) is 15.8. The molecule has 6 heteroatoms. The van der Waals surface area contributed by atoms with Gasteiger partial charge in [0.2, 0.25) is 17.1 Å². The maximum Gasteiger partial charge on any atom is 0.235 e. The van der Waals surface area contributed by atoms with Crippen molar-refractivity contribution in [2.75, 3.05) is 0 Å². The van der Waals surface area contributed by atoms with Gasteiger partial charge in [0.25, 0.3) is 0 Å². The quantitative estimate of drug-likeness (QED) is 0.380. The molecule has 2 aromatic heterocycles. The number of aromatic nitrogens is 2. The van der Waals surface area contributed by atoms with Gasteiger partial charge in [-0.3, -0.25) is 4.79 Å². The molecule has 0 aliphatic heterocycles. The van der Waals surface area contributed by atoms with Gasteiger partial charge < -0.3 is 9.15 Å². The SMILES string of the molecule is O=c1c(Oc2ncnc3ccccc23)c(-c2ccc(Cl)cc2)oc2ccccc12. The smallest absolute Gasteiger partial charge is 0.235 e. The summed E-state index contributed by atoms with van der Waals surface area (Å²) in [5, 5.41) is 1.71.